The van der Waals surface area contributed by atoms with Gasteiger partial charge in [-0.1, -0.05) is 48.5 Å². The maximum absolute atomic E-state index is 2.40. The smallest absolute Gasteiger partial charge is 0.0172 e. The molecule has 12 heavy (non-hydrogen) atoms. The minimum atomic E-state index is 0.463. The molecular formula is C12H24. The summed E-state index contributed by atoms with van der Waals surface area (Å²) in [4.78, 5) is 0. The molecule has 1 aliphatic carbocycles. The van der Waals surface area contributed by atoms with Crippen LogP contribution >= 0.6 is 0 Å². The Labute approximate surface area is 77.7 Å². The molecule has 0 aromatic carbocycles. The number of hydrogen-bond donors (Lipinski definition) is 0. The largest absolute Gasteiger partial charge is 0.0619 e. The van der Waals surface area contributed by atoms with E-state index in [9.17, 15) is 0 Å². The van der Waals surface area contributed by atoms with Crippen molar-refractivity contribution in [3.8, 4) is 0 Å². The Morgan fingerprint density at radius 1 is 0.917 bits per heavy atom. The number of rotatable bonds is 0. The van der Waals surface area contributed by atoms with Crippen molar-refractivity contribution in [3.63, 3.8) is 0 Å². The molecule has 1 aliphatic rings. The van der Waals surface area contributed by atoms with Gasteiger partial charge in [0.05, 0.1) is 0 Å². The van der Waals surface area contributed by atoms with Crippen molar-refractivity contribution in [2.75, 3.05) is 0 Å². The minimum absolute atomic E-state index is 0.463. The van der Waals surface area contributed by atoms with E-state index in [-0.39, 0.29) is 0 Å². The van der Waals surface area contributed by atoms with Crippen molar-refractivity contribution >= 4 is 0 Å². The molecule has 0 aliphatic heterocycles. The third-order valence-electron chi connectivity index (χ3n) is 3.99. The molecule has 1 rings (SSSR count). The van der Waals surface area contributed by atoms with Gasteiger partial charge in [0.15, 0.2) is 0 Å². The molecule has 72 valence electrons. The highest BCUT2D eigenvalue weighted by Crippen LogP contribution is 2.71. The highest BCUT2D eigenvalue weighted by atomic mass is 14.7. The van der Waals surface area contributed by atoms with Crippen LogP contribution in [-0.2, 0) is 0 Å². The zero-order valence-corrected chi connectivity index (χ0v) is 9.78. The second-order valence-corrected chi connectivity index (χ2v) is 6.58. The van der Waals surface area contributed by atoms with Gasteiger partial charge in [0, 0.05) is 0 Å². The van der Waals surface area contributed by atoms with Gasteiger partial charge in [-0.05, 0) is 28.6 Å². The van der Waals surface area contributed by atoms with Gasteiger partial charge in [-0.2, -0.15) is 0 Å². The standard InChI is InChI=1S/C12H24/c1-9-8-12(9,10(2,3)4)11(5,6)7/h9H,8H2,1-7H3. The molecule has 0 aromatic rings. The average Bonchev–Trinajstić information content (AvgIpc) is 2.36. The van der Waals surface area contributed by atoms with E-state index in [1.54, 1.807) is 0 Å². The fourth-order valence-corrected chi connectivity index (χ4v) is 3.64. The quantitative estimate of drug-likeness (QED) is 0.511. The zero-order valence-electron chi connectivity index (χ0n) is 9.78. The van der Waals surface area contributed by atoms with Crippen molar-refractivity contribution in [1.29, 1.82) is 0 Å². The summed E-state index contributed by atoms with van der Waals surface area (Å²) < 4.78 is 0. The lowest BCUT2D eigenvalue weighted by molar-refractivity contribution is 0.0595. The summed E-state index contributed by atoms with van der Waals surface area (Å²) in [5.41, 5.74) is 1.51. The van der Waals surface area contributed by atoms with Gasteiger partial charge in [-0.15, -0.1) is 0 Å². The first kappa shape index (κ1) is 10.1. The lowest BCUT2D eigenvalue weighted by Crippen LogP contribution is -2.36. The molecule has 1 unspecified atom stereocenters. The second kappa shape index (κ2) is 2.27. The van der Waals surface area contributed by atoms with Crippen LogP contribution in [0.5, 0.6) is 0 Å². The van der Waals surface area contributed by atoms with Crippen LogP contribution < -0.4 is 0 Å². The van der Waals surface area contributed by atoms with Gasteiger partial charge in [0.1, 0.15) is 0 Å². The fourth-order valence-electron chi connectivity index (χ4n) is 3.64. The van der Waals surface area contributed by atoms with Crippen molar-refractivity contribution in [1.82, 2.24) is 0 Å². The molecule has 0 radical (unpaired) electrons. The monoisotopic (exact) mass is 168 g/mol. The zero-order chi connectivity index (χ0) is 9.78. The lowest BCUT2D eigenvalue weighted by atomic mass is 9.62. The number of hydrogen-bond acceptors (Lipinski definition) is 0. The van der Waals surface area contributed by atoms with Crippen LogP contribution in [0.3, 0.4) is 0 Å². The highest BCUT2D eigenvalue weighted by Gasteiger charge is 2.64. The van der Waals surface area contributed by atoms with E-state index >= 15 is 0 Å². The molecule has 0 saturated heterocycles. The molecular weight excluding hydrogens is 144 g/mol. The van der Waals surface area contributed by atoms with Gasteiger partial charge in [0.2, 0.25) is 0 Å². The molecule has 0 heterocycles. The van der Waals surface area contributed by atoms with E-state index in [0.29, 0.717) is 16.2 Å². The summed E-state index contributed by atoms with van der Waals surface area (Å²) in [5.74, 6) is 0.914. The molecule has 0 N–H and O–H groups in total. The molecule has 0 amide bonds. The maximum atomic E-state index is 2.40. The average molecular weight is 168 g/mol. The fraction of sp³-hybridized carbons (Fsp3) is 1.00. The van der Waals surface area contributed by atoms with E-state index in [2.05, 4.69) is 48.5 Å². The third-order valence-corrected chi connectivity index (χ3v) is 3.99. The first-order valence-electron chi connectivity index (χ1n) is 5.13. The molecule has 0 nitrogen and oxygen atoms in total. The maximum Gasteiger partial charge on any atom is -0.0172 e. The van der Waals surface area contributed by atoms with Crippen LogP contribution in [0, 0.1) is 22.2 Å². The minimum Gasteiger partial charge on any atom is -0.0619 e. The summed E-state index contributed by atoms with van der Waals surface area (Å²) in [7, 11) is 0. The summed E-state index contributed by atoms with van der Waals surface area (Å²) in [6, 6.07) is 0. The van der Waals surface area contributed by atoms with Crippen LogP contribution in [0.1, 0.15) is 54.9 Å². The predicted octanol–water partition coefficient (Wildman–Crippen LogP) is 4.10. The Kier molecular flexibility index (Phi) is 1.91. The summed E-state index contributed by atoms with van der Waals surface area (Å²) in [5, 5.41) is 0. The van der Waals surface area contributed by atoms with E-state index in [1.165, 1.54) is 6.42 Å². The summed E-state index contributed by atoms with van der Waals surface area (Å²) in [6.07, 6.45) is 1.42. The Bertz CT molecular complexity index is 161. The van der Waals surface area contributed by atoms with E-state index in [1.807, 2.05) is 0 Å². The Hall–Kier alpha value is 0. The van der Waals surface area contributed by atoms with Crippen LogP contribution in [0.4, 0.5) is 0 Å². The first-order valence-corrected chi connectivity index (χ1v) is 5.13. The van der Waals surface area contributed by atoms with Gasteiger partial charge in [-0.3, -0.25) is 0 Å². The predicted molar refractivity (Wildman–Crippen MR) is 55.1 cm³/mol. The van der Waals surface area contributed by atoms with E-state index in [4.69, 9.17) is 0 Å². The van der Waals surface area contributed by atoms with Gasteiger partial charge >= 0.3 is 0 Å². The second-order valence-electron chi connectivity index (χ2n) is 6.58. The van der Waals surface area contributed by atoms with Crippen molar-refractivity contribution in [3.05, 3.63) is 0 Å². The molecule has 0 aromatic heterocycles. The normalized spacial score (nSPS) is 28.8. The topological polar surface area (TPSA) is 0 Å². The lowest BCUT2D eigenvalue weighted by Gasteiger charge is -2.43. The SMILES string of the molecule is CC1CC1(C(C)(C)C)C(C)(C)C. The molecule has 1 fully saturated rings. The summed E-state index contributed by atoms with van der Waals surface area (Å²) in [6.45, 7) is 16.7. The van der Waals surface area contributed by atoms with Crippen molar-refractivity contribution in [2.24, 2.45) is 22.2 Å². The molecule has 0 heteroatoms. The van der Waals surface area contributed by atoms with Gasteiger partial charge in [0.25, 0.3) is 0 Å². The summed E-state index contributed by atoms with van der Waals surface area (Å²) >= 11 is 0. The van der Waals surface area contributed by atoms with Crippen LogP contribution in [-0.4, -0.2) is 0 Å². The van der Waals surface area contributed by atoms with Gasteiger partial charge < -0.3 is 0 Å². The van der Waals surface area contributed by atoms with Crippen LogP contribution in [0.2, 0.25) is 0 Å². The third kappa shape index (κ3) is 1.11. The van der Waals surface area contributed by atoms with Crippen LogP contribution in [0.15, 0.2) is 0 Å². The van der Waals surface area contributed by atoms with Crippen molar-refractivity contribution < 1.29 is 0 Å². The first-order chi connectivity index (χ1) is 5.13. The molecule has 0 bridgehead atoms. The van der Waals surface area contributed by atoms with E-state index < -0.39 is 0 Å². The Morgan fingerprint density at radius 2 is 1.17 bits per heavy atom. The van der Waals surface area contributed by atoms with Crippen LogP contribution in [0.25, 0.3) is 0 Å². The molecule has 1 saturated carbocycles. The van der Waals surface area contributed by atoms with E-state index in [0.717, 1.165) is 5.92 Å². The van der Waals surface area contributed by atoms with Crippen molar-refractivity contribution in [2.45, 2.75) is 54.9 Å². The highest BCUT2D eigenvalue weighted by molar-refractivity contribution is 5.12. The molecule has 0 spiro atoms. The Morgan fingerprint density at radius 3 is 1.17 bits per heavy atom. The molecule has 1 atom stereocenters. The Balaban J connectivity index is 2.96. The van der Waals surface area contributed by atoms with Gasteiger partial charge in [-0.25, -0.2) is 0 Å².